The number of carbonyl (C=O) groups excluding carboxylic acids is 1. The molecule has 4 heteroatoms. The first kappa shape index (κ1) is 11.6. The number of ether oxygens (including phenoxy) is 3. The summed E-state index contributed by atoms with van der Waals surface area (Å²) in [6, 6.07) is 0. The minimum absolute atomic E-state index is 0.184. The molecule has 0 saturated heterocycles. The standard InChI is InChI=1S/C12H18O4/c1-14-7-16-11-6-9-5-8(11)3-4-10(9)12(13)15-2/h4,8-9,11H,3,5-7H2,1-2H3/t8-,9+,11+/m0/s1. The Kier molecular flexibility index (Phi) is 3.61. The summed E-state index contributed by atoms with van der Waals surface area (Å²) >= 11 is 0. The van der Waals surface area contributed by atoms with Crippen LogP contribution in [0.25, 0.3) is 0 Å². The van der Waals surface area contributed by atoms with Crippen LogP contribution in [0.2, 0.25) is 0 Å². The minimum atomic E-state index is -0.184. The predicted octanol–water partition coefficient (Wildman–Crippen LogP) is 1.50. The molecule has 3 atom stereocenters. The van der Waals surface area contributed by atoms with Gasteiger partial charge in [-0.05, 0) is 31.1 Å². The van der Waals surface area contributed by atoms with Crippen LogP contribution in [0, 0.1) is 11.8 Å². The summed E-state index contributed by atoms with van der Waals surface area (Å²) < 4.78 is 15.3. The van der Waals surface area contributed by atoms with Gasteiger partial charge in [0.1, 0.15) is 6.79 Å². The Morgan fingerprint density at radius 2 is 2.25 bits per heavy atom. The van der Waals surface area contributed by atoms with Crippen LogP contribution in [-0.4, -0.2) is 33.1 Å². The zero-order valence-corrected chi connectivity index (χ0v) is 9.77. The molecule has 0 spiro atoms. The molecule has 1 fully saturated rings. The van der Waals surface area contributed by atoms with Crippen LogP contribution in [0.15, 0.2) is 11.6 Å². The molecule has 90 valence electrons. The van der Waals surface area contributed by atoms with Crippen molar-refractivity contribution in [1.82, 2.24) is 0 Å². The smallest absolute Gasteiger partial charge is 0.333 e. The van der Waals surface area contributed by atoms with E-state index < -0.39 is 0 Å². The van der Waals surface area contributed by atoms with Gasteiger partial charge in [-0.25, -0.2) is 4.79 Å². The Balaban J connectivity index is 1.97. The lowest BCUT2D eigenvalue weighted by atomic mass is 9.88. The SMILES string of the molecule is COCO[C@@H]1C[C@H]2C[C@@H]1CC=C2C(=O)OC. The van der Waals surface area contributed by atoms with Gasteiger partial charge < -0.3 is 14.2 Å². The molecule has 16 heavy (non-hydrogen) atoms. The Morgan fingerprint density at radius 3 is 2.94 bits per heavy atom. The molecule has 0 aliphatic heterocycles. The summed E-state index contributed by atoms with van der Waals surface area (Å²) in [5.74, 6) is 0.664. The number of hydrogen-bond acceptors (Lipinski definition) is 4. The van der Waals surface area contributed by atoms with E-state index in [0.717, 1.165) is 24.8 Å². The van der Waals surface area contributed by atoms with Crippen LogP contribution in [0.1, 0.15) is 19.3 Å². The molecule has 4 nitrogen and oxygen atoms in total. The predicted molar refractivity (Wildman–Crippen MR) is 57.7 cm³/mol. The Labute approximate surface area is 95.6 Å². The lowest BCUT2D eigenvalue weighted by Gasteiger charge is -2.20. The fourth-order valence-corrected chi connectivity index (χ4v) is 2.76. The number of rotatable bonds is 4. The molecular formula is C12H18O4. The summed E-state index contributed by atoms with van der Waals surface area (Å²) in [4.78, 5) is 11.5. The molecule has 0 aromatic carbocycles. The molecule has 0 aromatic heterocycles. The maximum absolute atomic E-state index is 11.5. The molecular weight excluding hydrogens is 208 g/mol. The van der Waals surface area contributed by atoms with Crippen LogP contribution >= 0.6 is 0 Å². The largest absolute Gasteiger partial charge is 0.466 e. The maximum atomic E-state index is 11.5. The van der Waals surface area contributed by atoms with Gasteiger partial charge in [0.25, 0.3) is 0 Å². The number of hydrogen-bond donors (Lipinski definition) is 0. The molecule has 0 heterocycles. The highest BCUT2D eigenvalue weighted by Crippen LogP contribution is 2.43. The third-order valence-electron chi connectivity index (χ3n) is 3.53. The Morgan fingerprint density at radius 1 is 1.44 bits per heavy atom. The number of allylic oxidation sites excluding steroid dienone is 1. The molecule has 1 saturated carbocycles. The molecule has 2 bridgehead atoms. The zero-order valence-electron chi connectivity index (χ0n) is 9.77. The first-order valence-corrected chi connectivity index (χ1v) is 5.65. The van der Waals surface area contributed by atoms with Crippen LogP contribution < -0.4 is 0 Å². The molecule has 2 rings (SSSR count). The topological polar surface area (TPSA) is 44.8 Å². The van der Waals surface area contributed by atoms with Gasteiger partial charge in [-0.3, -0.25) is 0 Å². The van der Waals surface area contributed by atoms with Crippen molar-refractivity contribution in [3.05, 3.63) is 11.6 Å². The first-order valence-electron chi connectivity index (χ1n) is 5.65. The summed E-state index contributed by atoms with van der Waals surface area (Å²) in [7, 11) is 3.06. The lowest BCUT2D eigenvalue weighted by Crippen LogP contribution is -2.19. The number of carbonyl (C=O) groups is 1. The molecule has 0 unspecified atom stereocenters. The van der Waals surface area contributed by atoms with Crippen LogP contribution in [0.3, 0.4) is 0 Å². The third-order valence-corrected chi connectivity index (χ3v) is 3.53. The molecule has 0 aromatic rings. The summed E-state index contributed by atoms with van der Waals surface area (Å²) in [5, 5.41) is 0. The van der Waals surface area contributed by atoms with Gasteiger partial charge in [0.15, 0.2) is 0 Å². The van der Waals surface area contributed by atoms with E-state index in [0.29, 0.717) is 18.6 Å². The minimum Gasteiger partial charge on any atom is -0.466 e. The van der Waals surface area contributed by atoms with E-state index in [9.17, 15) is 4.79 Å². The Hall–Kier alpha value is -0.870. The fraction of sp³-hybridized carbons (Fsp3) is 0.750. The molecule has 0 amide bonds. The van der Waals surface area contributed by atoms with Crippen molar-refractivity contribution in [2.75, 3.05) is 21.0 Å². The van der Waals surface area contributed by atoms with E-state index in [1.54, 1.807) is 7.11 Å². The number of esters is 1. The van der Waals surface area contributed by atoms with Crippen LogP contribution in [0.5, 0.6) is 0 Å². The first-order chi connectivity index (χ1) is 7.76. The quantitative estimate of drug-likeness (QED) is 0.538. The monoisotopic (exact) mass is 226 g/mol. The van der Waals surface area contributed by atoms with Gasteiger partial charge in [0.2, 0.25) is 0 Å². The molecule has 0 radical (unpaired) electrons. The van der Waals surface area contributed by atoms with Crippen molar-refractivity contribution >= 4 is 5.97 Å². The van der Waals surface area contributed by atoms with Crippen molar-refractivity contribution < 1.29 is 19.0 Å². The van der Waals surface area contributed by atoms with Gasteiger partial charge in [0, 0.05) is 12.7 Å². The summed E-state index contributed by atoms with van der Waals surface area (Å²) in [6.07, 6.45) is 5.10. The van der Waals surface area contributed by atoms with Crippen molar-refractivity contribution in [2.45, 2.75) is 25.4 Å². The summed E-state index contributed by atoms with van der Waals surface area (Å²) in [5.41, 5.74) is 0.835. The van der Waals surface area contributed by atoms with Crippen molar-refractivity contribution in [3.8, 4) is 0 Å². The van der Waals surface area contributed by atoms with E-state index in [-0.39, 0.29) is 12.1 Å². The fourth-order valence-electron chi connectivity index (χ4n) is 2.76. The maximum Gasteiger partial charge on any atom is 0.333 e. The van der Waals surface area contributed by atoms with Gasteiger partial charge in [-0.1, -0.05) is 6.08 Å². The highest BCUT2D eigenvalue weighted by molar-refractivity contribution is 5.89. The Bertz CT molecular complexity index is 297. The second-order valence-electron chi connectivity index (χ2n) is 4.43. The lowest BCUT2D eigenvalue weighted by molar-refractivity contribution is -0.136. The van der Waals surface area contributed by atoms with Gasteiger partial charge in [-0.15, -0.1) is 0 Å². The second-order valence-corrected chi connectivity index (χ2v) is 4.43. The van der Waals surface area contributed by atoms with E-state index >= 15 is 0 Å². The average Bonchev–Trinajstić information content (AvgIpc) is 2.63. The zero-order chi connectivity index (χ0) is 11.5. The van der Waals surface area contributed by atoms with Crippen LogP contribution in [0.4, 0.5) is 0 Å². The van der Waals surface area contributed by atoms with Gasteiger partial charge in [-0.2, -0.15) is 0 Å². The second kappa shape index (κ2) is 4.97. The van der Waals surface area contributed by atoms with Crippen molar-refractivity contribution in [1.29, 1.82) is 0 Å². The highest BCUT2D eigenvalue weighted by atomic mass is 16.7. The van der Waals surface area contributed by atoms with E-state index in [1.807, 2.05) is 6.08 Å². The summed E-state index contributed by atoms with van der Waals surface area (Å²) in [6.45, 7) is 0.335. The normalized spacial score (nSPS) is 32.4. The van der Waals surface area contributed by atoms with Gasteiger partial charge >= 0.3 is 5.97 Å². The van der Waals surface area contributed by atoms with Crippen molar-refractivity contribution in [3.63, 3.8) is 0 Å². The molecule has 2 aliphatic carbocycles. The molecule has 0 N–H and O–H groups in total. The number of fused-ring (bicyclic) bond motifs is 2. The highest BCUT2D eigenvalue weighted by Gasteiger charge is 2.41. The van der Waals surface area contributed by atoms with Crippen LogP contribution in [-0.2, 0) is 19.0 Å². The number of methoxy groups -OCH3 is 2. The molecule has 2 aliphatic rings. The van der Waals surface area contributed by atoms with Gasteiger partial charge in [0.05, 0.1) is 13.2 Å². The van der Waals surface area contributed by atoms with E-state index in [2.05, 4.69) is 0 Å². The average molecular weight is 226 g/mol. The van der Waals surface area contributed by atoms with E-state index in [1.165, 1.54) is 7.11 Å². The third kappa shape index (κ3) is 2.13. The van der Waals surface area contributed by atoms with Crippen molar-refractivity contribution in [2.24, 2.45) is 11.8 Å². The van der Waals surface area contributed by atoms with E-state index in [4.69, 9.17) is 14.2 Å².